The first-order valence-corrected chi connectivity index (χ1v) is 16.6. The third-order valence-electron chi connectivity index (χ3n) is 7.73. The van der Waals surface area contributed by atoms with Gasteiger partial charge in [-0.1, -0.05) is 81.4 Å². The number of nitrogens with one attached hydrogen (secondary N) is 2. The van der Waals surface area contributed by atoms with Gasteiger partial charge in [0.05, 0.1) is 35.3 Å². The fourth-order valence-electron chi connectivity index (χ4n) is 5.07. The van der Waals surface area contributed by atoms with E-state index in [0.29, 0.717) is 6.42 Å². The van der Waals surface area contributed by atoms with Crippen molar-refractivity contribution in [1.82, 2.24) is 25.5 Å². The molecular weight excluding hydrogens is 630 g/mol. The maximum atomic E-state index is 13.6. The molecule has 2 unspecified atom stereocenters. The lowest BCUT2D eigenvalue weighted by Crippen LogP contribution is -2.57. The van der Waals surface area contributed by atoms with Crippen LogP contribution < -0.4 is 10.6 Å². The predicted octanol–water partition coefficient (Wildman–Crippen LogP) is 5.59. The average Bonchev–Trinajstić information content (AvgIpc) is 3.62. The molecule has 0 aliphatic carbocycles. The molecular formula is C36H43N5O6S. The molecule has 0 aliphatic heterocycles. The number of pyridine rings is 1. The summed E-state index contributed by atoms with van der Waals surface area (Å²) in [5, 5.41) is 17.1. The highest BCUT2D eigenvalue weighted by Gasteiger charge is 2.35. The van der Waals surface area contributed by atoms with E-state index in [1.54, 1.807) is 17.9 Å². The van der Waals surface area contributed by atoms with Crippen LogP contribution in [0.5, 0.6) is 0 Å². The van der Waals surface area contributed by atoms with Gasteiger partial charge in [0.25, 0.3) is 0 Å². The van der Waals surface area contributed by atoms with E-state index in [9.17, 15) is 19.5 Å². The molecule has 4 aromatic rings. The second-order valence-corrected chi connectivity index (χ2v) is 13.4. The summed E-state index contributed by atoms with van der Waals surface area (Å²) in [6.45, 7) is 5.95. The van der Waals surface area contributed by atoms with Crippen LogP contribution in [0.2, 0.25) is 0 Å². The summed E-state index contributed by atoms with van der Waals surface area (Å²) in [5.41, 5.74) is 4.59. The van der Waals surface area contributed by atoms with Crippen LogP contribution in [0.25, 0.3) is 11.3 Å². The fraction of sp³-hybridized carbons (Fsp3) is 0.361. The van der Waals surface area contributed by atoms with E-state index in [4.69, 9.17) is 9.47 Å². The lowest BCUT2D eigenvalue weighted by molar-refractivity contribution is -0.127. The molecule has 0 aliphatic rings. The van der Waals surface area contributed by atoms with Crippen LogP contribution in [-0.2, 0) is 33.8 Å². The predicted molar refractivity (Wildman–Crippen MR) is 184 cm³/mol. The number of aliphatic hydroxyl groups is 1. The van der Waals surface area contributed by atoms with Gasteiger partial charge in [-0.3, -0.25) is 14.8 Å². The van der Waals surface area contributed by atoms with Crippen molar-refractivity contribution in [2.75, 3.05) is 13.7 Å². The number of thiazole rings is 1. The number of carbonyl (C=O) groups is 3. The molecule has 0 radical (unpaired) electrons. The Morgan fingerprint density at radius 3 is 2.31 bits per heavy atom. The minimum Gasteiger partial charge on any atom is -0.453 e. The quantitative estimate of drug-likeness (QED) is 0.157. The van der Waals surface area contributed by atoms with Gasteiger partial charge in [-0.25, -0.2) is 9.59 Å². The van der Waals surface area contributed by atoms with E-state index >= 15 is 0 Å². The minimum atomic E-state index is -1.05. The van der Waals surface area contributed by atoms with Gasteiger partial charge >= 0.3 is 12.2 Å². The molecule has 12 heteroatoms. The van der Waals surface area contributed by atoms with Gasteiger partial charge in [-0.2, -0.15) is 0 Å². The Hall–Kier alpha value is -4.81. The Bertz CT molecular complexity index is 1580. The molecule has 2 aromatic heterocycles. The highest BCUT2D eigenvalue weighted by molar-refractivity contribution is 7.09. The number of aromatic nitrogens is 2. The van der Waals surface area contributed by atoms with Crippen LogP contribution in [-0.4, -0.2) is 69.9 Å². The lowest BCUT2D eigenvalue weighted by Gasteiger charge is -2.33. The lowest BCUT2D eigenvalue weighted by atomic mass is 9.85. The summed E-state index contributed by atoms with van der Waals surface area (Å²) in [6.07, 6.45) is 1.55. The number of benzene rings is 2. The van der Waals surface area contributed by atoms with Gasteiger partial charge in [0.15, 0.2) is 0 Å². The first-order chi connectivity index (χ1) is 23.0. The van der Waals surface area contributed by atoms with Crippen LogP contribution in [0.4, 0.5) is 9.59 Å². The third-order valence-corrected chi connectivity index (χ3v) is 8.48. The summed E-state index contributed by atoms with van der Waals surface area (Å²) in [4.78, 5) is 49.8. The van der Waals surface area contributed by atoms with Crippen molar-refractivity contribution in [2.24, 2.45) is 5.41 Å². The summed E-state index contributed by atoms with van der Waals surface area (Å²) in [5.74, 6) is -0.457. The van der Waals surface area contributed by atoms with Gasteiger partial charge < -0.3 is 30.1 Å². The number of amides is 3. The van der Waals surface area contributed by atoms with Crippen LogP contribution in [0.3, 0.4) is 0 Å². The molecule has 48 heavy (non-hydrogen) atoms. The molecule has 0 spiro atoms. The topological polar surface area (TPSA) is 143 Å². The zero-order chi connectivity index (χ0) is 34.5. The van der Waals surface area contributed by atoms with Crippen LogP contribution in [0.1, 0.15) is 43.2 Å². The number of ether oxygens (including phenoxy) is 2. The Morgan fingerprint density at radius 1 is 0.958 bits per heavy atom. The molecule has 0 fully saturated rings. The normalized spacial score (nSPS) is 13.1. The number of hydrogen-bond acceptors (Lipinski definition) is 9. The second kappa shape index (κ2) is 17.4. The van der Waals surface area contributed by atoms with Crippen LogP contribution in [0, 0.1) is 5.41 Å². The number of carbonyl (C=O) groups excluding carboxylic acids is 3. The Morgan fingerprint density at radius 2 is 1.69 bits per heavy atom. The van der Waals surface area contributed by atoms with Gasteiger partial charge in [-0.15, -0.1) is 11.3 Å². The van der Waals surface area contributed by atoms with E-state index in [1.807, 2.05) is 93.6 Å². The fourth-order valence-corrected chi connectivity index (χ4v) is 5.57. The molecule has 4 rings (SSSR count). The monoisotopic (exact) mass is 673 g/mol. The summed E-state index contributed by atoms with van der Waals surface area (Å²) < 4.78 is 10.4. The molecule has 2 heterocycles. The number of methoxy groups -OCH3 is 1. The van der Waals surface area contributed by atoms with E-state index in [-0.39, 0.29) is 26.1 Å². The van der Waals surface area contributed by atoms with Gasteiger partial charge in [0, 0.05) is 31.0 Å². The molecule has 254 valence electrons. The molecule has 3 N–H and O–H groups in total. The highest BCUT2D eigenvalue weighted by atomic mass is 32.1. The largest absolute Gasteiger partial charge is 0.453 e. The summed E-state index contributed by atoms with van der Waals surface area (Å²) in [7, 11) is 1.23. The zero-order valence-electron chi connectivity index (χ0n) is 27.7. The molecule has 0 bridgehead atoms. The smallest absolute Gasteiger partial charge is 0.410 e. The van der Waals surface area contributed by atoms with Crippen molar-refractivity contribution in [1.29, 1.82) is 0 Å². The summed E-state index contributed by atoms with van der Waals surface area (Å²) in [6, 6.07) is 21.3. The Labute approximate surface area is 285 Å². The Balaban J connectivity index is 1.51. The van der Waals surface area contributed by atoms with E-state index in [2.05, 4.69) is 20.6 Å². The highest BCUT2D eigenvalue weighted by Crippen LogP contribution is 2.22. The van der Waals surface area contributed by atoms with Crippen molar-refractivity contribution in [2.45, 2.75) is 65.0 Å². The average molecular weight is 674 g/mol. The number of aliphatic hydroxyl groups excluding tert-OH is 1. The summed E-state index contributed by atoms with van der Waals surface area (Å²) >= 11 is 1.39. The maximum absolute atomic E-state index is 13.6. The first-order valence-electron chi connectivity index (χ1n) is 15.7. The number of hydrogen-bond donors (Lipinski definition) is 3. The van der Waals surface area contributed by atoms with E-state index in [1.165, 1.54) is 23.3 Å². The number of alkyl carbamates (subject to hydrolysis) is 1. The van der Waals surface area contributed by atoms with Crippen molar-refractivity contribution >= 4 is 29.4 Å². The van der Waals surface area contributed by atoms with Gasteiger partial charge in [0.2, 0.25) is 5.91 Å². The molecule has 3 amide bonds. The zero-order valence-corrected chi connectivity index (χ0v) is 28.5. The van der Waals surface area contributed by atoms with Gasteiger partial charge in [0.1, 0.15) is 12.6 Å². The van der Waals surface area contributed by atoms with Gasteiger partial charge in [-0.05, 0) is 41.5 Å². The Kier molecular flexibility index (Phi) is 13.0. The maximum Gasteiger partial charge on any atom is 0.410 e. The SMILES string of the molecule is COC(=O)N[C@H](C(=O)NC(Cc1ccccc1)C(O)CCN(Cc1ccc(-c2ccccn2)cc1)C(=O)OCc1cncs1)C(C)(C)C. The second-order valence-electron chi connectivity index (χ2n) is 12.5. The molecule has 0 saturated carbocycles. The van der Waals surface area contributed by atoms with Crippen molar-refractivity contribution < 1.29 is 29.0 Å². The van der Waals surface area contributed by atoms with E-state index < -0.39 is 41.7 Å². The minimum absolute atomic E-state index is 0.0786. The molecule has 3 atom stereocenters. The number of nitrogens with zero attached hydrogens (tertiary/aromatic N) is 3. The van der Waals surface area contributed by atoms with Crippen LogP contribution in [0.15, 0.2) is 90.7 Å². The number of rotatable bonds is 14. The molecule has 0 saturated heterocycles. The third kappa shape index (κ3) is 10.9. The molecule has 11 nitrogen and oxygen atoms in total. The standard InChI is InChI=1S/C36H43N5O6S/c1-36(2,3)32(40-34(44)46-4)33(43)39-30(20-25-10-6-5-7-11-25)31(42)17-19-41(35(45)47-23-28-21-37-24-48-28)22-26-13-15-27(16-14-26)29-12-8-9-18-38-29/h5-16,18,21,24,30-32,42H,17,19-20,22-23H2,1-4H3,(H,39,43)(H,40,44)/t30?,31?,32-/m1/s1. The van der Waals surface area contributed by atoms with E-state index in [0.717, 1.165) is 27.3 Å². The first kappa shape index (κ1) is 36.0. The van der Waals surface area contributed by atoms with Crippen molar-refractivity contribution in [3.8, 4) is 11.3 Å². The van der Waals surface area contributed by atoms with Crippen molar-refractivity contribution in [3.63, 3.8) is 0 Å². The molecule has 2 aromatic carbocycles. The van der Waals surface area contributed by atoms with Crippen LogP contribution >= 0.6 is 11.3 Å². The van der Waals surface area contributed by atoms with Crippen molar-refractivity contribution in [3.05, 3.63) is 107 Å².